The molecule has 1 aliphatic heterocycles. The minimum absolute atomic E-state index is 0.0430. The van der Waals surface area contributed by atoms with Crippen LogP contribution in [0, 0.1) is 5.92 Å². The second-order valence-electron chi connectivity index (χ2n) is 3.32. The van der Waals surface area contributed by atoms with Crippen LogP contribution < -0.4 is 0 Å². The van der Waals surface area contributed by atoms with Crippen LogP contribution in [0.25, 0.3) is 0 Å². The number of fused-ring (bicyclic) bond motifs is 1. The number of carbonyl (C=O) groups is 1. The molecule has 0 aromatic heterocycles. The fourth-order valence-corrected chi connectivity index (χ4v) is 1.69. The largest absolute Gasteiger partial charge is 0.481 e. The third-order valence-electron chi connectivity index (χ3n) is 2.27. The molecule has 0 fully saturated rings. The first-order chi connectivity index (χ1) is 6.68. The average molecular weight is 188 g/mol. The van der Waals surface area contributed by atoms with E-state index in [-0.39, 0.29) is 6.42 Å². The van der Waals surface area contributed by atoms with Crippen molar-refractivity contribution in [3.8, 4) is 0 Å². The van der Waals surface area contributed by atoms with Gasteiger partial charge in [-0.05, 0) is 18.6 Å². The highest BCUT2D eigenvalue weighted by atomic mass is 16.4. The molecule has 0 aromatic carbocycles. The lowest BCUT2D eigenvalue weighted by Crippen LogP contribution is -2.14. The van der Waals surface area contributed by atoms with Crippen molar-refractivity contribution < 1.29 is 9.90 Å². The van der Waals surface area contributed by atoms with Crippen LogP contribution in [0.1, 0.15) is 13.3 Å². The Morgan fingerprint density at radius 1 is 1.57 bits per heavy atom. The molecule has 3 nitrogen and oxygen atoms in total. The summed E-state index contributed by atoms with van der Waals surface area (Å²) in [6.45, 7) is 1.97. The maximum atomic E-state index is 10.6. The number of allylic oxidation sites excluding steroid dienone is 4. The zero-order valence-corrected chi connectivity index (χ0v) is 7.82. The highest BCUT2D eigenvalue weighted by Gasteiger charge is 2.28. The first kappa shape index (κ1) is 8.94. The number of aliphatic carboxylic acids is 1. The lowest BCUT2D eigenvalue weighted by atomic mass is 9.85. The van der Waals surface area contributed by atoms with Crippen LogP contribution in [-0.2, 0) is 4.79 Å². The van der Waals surface area contributed by atoms with Gasteiger partial charge in [0.25, 0.3) is 0 Å². The fraction of sp³-hybridized carbons (Fsp3) is 0.182. The van der Waals surface area contributed by atoms with Gasteiger partial charge in [-0.1, -0.05) is 17.7 Å². The van der Waals surface area contributed by atoms with Gasteiger partial charge < -0.3 is 5.11 Å². The van der Waals surface area contributed by atoms with Gasteiger partial charge in [0.1, 0.15) is 0 Å². The molecular formula is C11H10NO2. The van der Waals surface area contributed by atoms with Crippen molar-refractivity contribution in [2.75, 3.05) is 0 Å². The van der Waals surface area contributed by atoms with E-state index >= 15 is 0 Å². The van der Waals surface area contributed by atoms with Gasteiger partial charge >= 0.3 is 5.97 Å². The first-order valence-electron chi connectivity index (χ1n) is 4.40. The van der Waals surface area contributed by atoms with E-state index in [9.17, 15) is 4.79 Å². The molecule has 0 unspecified atom stereocenters. The molecular weight excluding hydrogens is 178 g/mol. The summed E-state index contributed by atoms with van der Waals surface area (Å²) in [5, 5.41) is 8.71. The average Bonchev–Trinajstić information content (AvgIpc) is 2.49. The summed E-state index contributed by atoms with van der Waals surface area (Å²) in [6, 6.07) is 0. The van der Waals surface area contributed by atoms with E-state index in [1.165, 1.54) is 0 Å². The fourth-order valence-electron chi connectivity index (χ4n) is 1.69. The van der Waals surface area contributed by atoms with Gasteiger partial charge in [0, 0.05) is 6.20 Å². The van der Waals surface area contributed by atoms with Crippen molar-refractivity contribution in [1.82, 2.24) is 0 Å². The summed E-state index contributed by atoms with van der Waals surface area (Å²) in [6.07, 6.45) is 7.48. The topological polar surface area (TPSA) is 49.7 Å². The number of hydrogen-bond acceptors (Lipinski definition) is 2. The third kappa shape index (κ3) is 1.41. The Morgan fingerprint density at radius 2 is 2.36 bits per heavy atom. The summed E-state index contributed by atoms with van der Waals surface area (Å²) >= 11 is 0. The van der Waals surface area contributed by atoms with Crippen LogP contribution in [0.4, 0.5) is 0 Å². The van der Waals surface area contributed by atoms with E-state index < -0.39 is 5.97 Å². The van der Waals surface area contributed by atoms with Gasteiger partial charge in [-0.25, -0.2) is 0 Å². The number of hydrogen-bond donors (Lipinski definition) is 1. The molecule has 1 heterocycles. The van der Waals surface area contributed by atoms with Gasteiger partial charge in [-0.3, -0.25) is 9.79 Å². The lowest BCUT2D eigenvalue weighted by molar-refractivity contribution is -0.136. The van der Waals surface area contributed by atoms with Crippen molar-refractivity contribution >= 4 is 11.7 Å². The Balaban J connectivity index is 2.24. The Morgan fingerprint density at radius 3 is 3.07 bits per heavy atom. The quantitative estimate of drug-likeness (QED) is 0.719. The SMILES string of the molecule is CC1=CC=CC2=NC=C(CC(=O)O)[C]12. The molecule has 0 saturated carbocycles. The number of rotatable bonds is 2. The zero-order chi connectivity index (χ0) is 10.1. The van der Waals surface area contributed by atoms with E-state index in [2.05, 4.69) is 4.99 Å². The molecule has 0 spiro atoms. The Bertz CT molecular complexity index is 400. The van der Waals surface area contributed by atoms with Crippen molar-refractivity contribution in [3.63, 3.8) is 0 Å². The van der Waals surface area contributed by atoms with E-state index in [1.54, 1.807) is 6.20 Å². The standard InChI is InChI=1S/C11H10NO2/c1-7-3-2-4-9-11(7)8(6-12-9)5-10(13)14/h2-4,6H,5H2,1H3,(H,13,14). The number of carboxylic acids is 1. The summed E-state index contributed by atoms with van der Waals surface area (Å²) in [4.78, 5) is 14.8. The maximum absolute atomic E-state index is 10.6. The van der Waals surface area contributed by atoms with Crippen LogP contribution >= 0.6 is 0 Å². The van der Waals surface area contributed by atoms with E-state index in [1.807, 2.05) is 25.2 Å². The monoisotopic (exact) mass is 188 g/mol. The predicted octanol–water partition coefficient (Wildman–Crippen LogP) is 1.89. The molecule has 1 radical (unpaired) electrons. The minimum atomic E-state index is -0.817. The normalized spacial score (nSPS) is 19.9. The third-order valence-corrected chi connectivity index (χ3v) is 2.27. The molecule has 2 rings (SSSR count). The van der Waals surface area contributed by atoms with Gasteiger partial charge in [-0.2, -0.15) is 0 Å². The van der Waals surface area contributed by atoms with E-state index in [0.29, 0.717) is 0 Å². The molecule has 0 saturated heterocycles. The molecule has 1 aliphatic carbocycles. The molecule has 0 bridgehead atoms. The van der Waals surface area contributed by atoms with Crippen LogP contribution in [0.2, 0.25) is 0 Å². The van der Waals surface area contributed by atoms with Crippen molar-refractivity contribution in [2.24, 2.45) is 4.99 Å². The summed E-state index contributed by atoms with van der Waals surface area (Å²) in [7, 11) is 0. The zero-order valence-electron chi connectivity index (χ0n) is 7.82. The highest BCUT2D eigenvalue weighted by molar-refractivity contribution is 6.14. The van der Waals surface area contributed by atoms with Crippen LogP contribution in [0.5, 0.6) is 0 Å². The minimum Gasteiger partial charge on any atom is -0.481 e. The Kier molecular flexibility index (Phi) is 2.08. The van der Waals surface area contributed by atoms with E-state index in [4.69, 9.17) is 5.11 Å². The summed E-state index contributed by atoms with van der Waals surface area (Å²) in [5.74, 6) is 0.164. The lowest BCUT2D eigenvalue weighted by Gasteiger charge is -2.16. The molecule has 0 aromatic rings. The Labute approximate surface area is 82.2 Å². The van der Waals surface area contributed by atoms with Crippen molar-refractivity contribution in [2.45, 2.75) is 13.3 Å². The molecule has 3 heteroatoms. The molecule has 71 valence electrons. The number of carboxylic acid groups (broad SMARTS) is 1. The van der Waals surface area contributed by atoms with Gasteiger partial charge in [0.05, 0.1) is 18.1 Å². The van der Waals surface area contributed by atoms with Crippen LogP contribution in [-0.4, -0.2) is 16.8 Å². The highest BCUT2D eigenvalue weighted by Crippen LogP contribution is 2.33. The van der Waals surface area contributed by atoms with E-state index in [0.717, 1.165) is 22.8 Å². The van der Waals surface area contributed by atoms with Crippen LogP contribution in [0.15, 0.2) is 40.6 Å². The van der Waals surface area contributed by atoms with Crippen molar-refractivity contribution in [1.29, 1.82) is 0 Å². The van der Waals surface area contributed by atoms with Gasteiger partial charge in [0.15, 0.2) is 0 Å². The second-order valence-corrected chi connectivity index (χ2v) is 3.32. The molecule has 0 atom stereocenters. The summed E-state index contributed by atoms with van der Waals surface area (Å²) < 4.78 is 0. The maximum Gasteiger partial charge on any atom is 0.307 e. The smallest absolute Gasteiger partial charge is 0.307 e. The Hall–Kier alpha value is -1.64. The number of nitrogens with zero attached hydrogens (tertiary/aromatic N) is 1. The predicted molar refractivity (Wildman–Crippen MR) is 53.9 cm³/mol. The second kappa shape index (κ2) is 3.25. The molecule has 1 N–H and O–H groups in total. The molecule has 0 amide bonds. The van der Waals surface area contributed by atoms with Gasteiger partial charge in [-0.15, -0.1) is 0 Å². The van der Waals surface area contributed by atoms with Gasteiger partial charge in [0.2, 0.25) is 0 Å². The summed E-state index contributed by atoms with van der Waals surface area (Å²) in [5.41, 5.74) is 2.75. The van der Waals surface area contributed by atoms with Crippen LogP contribution in [0.3, 0.4) is 0 Å². The number of aliphatic imine (C=N–C) groups is 1. The first-order valence-corrected chi connectivity index (χ1v) is 4.40. The van der Waals surface area contributed by atoms with Crippen molar-refractivity contribution in [3.05, 3.63) is 41.5 Å². The molecule has 14 heavy (non-hydrogen) atoms. The molecule has 2 aliphatic rings.